The number of hydrogen-bond acceptors (Lipinski definition) is 2. The summed E-state index contributed by atoms with van der Waals surface area (Å²) in [6.07, 6.45) is 2.33. The fraction of sp³-hybridized carbons (Fsp3) is 0.294. The molecule has 1 unspecified atom stereocenters. The van der Waals surface area contributed by atoms with Crippen molar-refractivity contribution >= 4 is 11.6 Å². The van der Waals surface area contributed by atoms with Crippen LogP contribution in [0.25, 0.3) is 0 Å². The minimum Gasteiger partial charge on any atom is -0.495 e. The van der Waals surface area contributed by atoms with Crippen molar-refractivity contribution in [3.8, 4) is 5.75 Å². The molecule has 2 aromatic rings. The van der Waals surface area contributed by atoms with E-state index in [2.05, 4.69) is 35.6 Å². The number of rotatable bonds is 4. The van der Waals surface area contributed by atoms with E-state index in [0.717, 1.165) is 18.7 Å². The van der Waals surface area contributed by atoms with Crippen LogP contribution in [0.5, 0.6) is 5.75 Å². The van der Waals surface area contributed by atoms with Gasteiger partial charge >= 0.3 is 0 Å². The second kappa shape index (κ2) is 5.86. The lowest BCUT2D eigenvalue weighted by molar-refractivity contribution is 0.414. The number of nitrogens with one attached hydrogen (secondary N) is 1. The Hall–Kier alpha value is -1.51. The molecule has 0 bridgehead atoms. The zero-order valence-electron chi connectivity index (χ0n) is 11.5. The van der Waals surface area contributed by atoms with Crippen molar-refractivity contribution in [2.45, 2.75) is 25.4 Å². The Morgan fingerprint density at radius 1 is 1.25 bits per heavy atom. The first-order valence-electron chi connectivity index (χ1n) is 6.91. The van der Waals surface area contributed by atoms with Crippen LogP contribution in [0.15, 0.2) is 42.5 Å². The average Bonchev–Trinajstić information content (AvgIpc) is 2.88. The van der Waals surface area contributed by atoms with Crippen LogP contribution in [0.3, 0.4) is 0 Å². The first kappa shape index (κ1) is 13.5. The van der Waals surface area contributed by atoms with Gasteiger partial charge in [-0.15, -0.1) is 0 Å². The summed E-state index contributed by atoms with van der Waals surface area (Å²) in [5.41, 5.74) is 4.09. The van der Waals surface area contributed by atoms with Gasteiger partial charge in [0.05, 0.1) is 12.1 Å². The molecule has 0 heterocycles. The van der Waals surface area contributed by atoms with Crippen molar-refractivity contribution in [1.82, 2.24) is 5.32 Å². The van der Waals surface area contributed by atoms with E-state index in [1.54, 1.807) is 7.11 Å². The highest BCUT2D eigenvalue weighted by molar-refractivity contribution is 6.32. The van der Waals surface area contributed by atoms with E-state index >= 15 is 0 Å². The number of fused-ring (bicyclic) bond motifs is 1. The monoisotopic (exact) mass is 287 g/mol. The van der Waals surface area contributed by atoms with Gasteiger partial charge in [0, 0.05) is 12.6 Å². The molecule has 0 spiro atoms. The van der Waals surface area contributed by atoms with Crippen LogP contribution in [0.1, 0.15) is 29.2 Å². The first-order chi connectivity index (χ1) is 9.78. The molecule has 0 saturated heterocycles. The maximum absolute atomic E-state index is 6.15. The van der Waals surface area contributed by atoms with Gasteiger partial charge in [-0.1, -0.05) is 41.9 Å². The summed E-state index contributed by atoms with van der Waals surface area (Å²) in [6, 6.07) is 15.1. The number of aryl methyl sites for hydroxylation is 1. The molecule has 0 aliphatic heterocycles. The van der Waals surface area contributed by atoms with Crippen molar-refractivity contribution in [3.63, 3.8) is 0 Å². The molecular weight excluding hydrogens is 270 g/mol. The minimum absolute atomic E-state index is 0.451. The van der Waals surface area contributed by atoms with E-state index in [4.69, 9.17) is 16.3 Å². The Kier molecular flexibility index (Phi) is 3.95. The molecule has 0 saturated carbocycles. The van der Waals surface area contributed by atoms with E-state index in [0.29, 0.717) is 11.1 Å². The summed E-state index contributed by atoms with van der Waals surface area (Å²) in [5.74, 6) is 0.724. The Bertz CT molecular complexity index is 612. The quantitative estimate of drug-likeness (QED) is 0.913. The molecule has 1 aliphatic rings. The Morgan fingerprint density at radius 3 is 2.90 bits per heavy atom. The normalized spacial score (nSPS) is 17.0. The van der Waals surface area contributed by atoms with Gasteiger partial charge in [-0.3, -0.25) is 0 Å². The topological polar surface area (TPSA) is 21.3 Å². The van der Waals surface area contributed by atoms with E-state index in [-0.39, 0.29) is 0 Å². The Morgan fingerprint density at radius 2 is 2.10 bits per heavy atom. The third-order valence-corrected chi connectivity index (χ3v) is 4.20. The molecule has 2 nitrogen and oxygen atoms in total. The van der Waals surface area contributed by atoms with Gasteiger partial charge < -0.3 is 10.1 Å². The number of methoxy groups -OCH3 is 1. The fourth-order valence-electron chi connectivity index (χ4n) is 2.83. The average molecular weight is 288 g/mol. The third kappa shape index (κ3) is 2.67. The van der Waals surface area contributed by atoms with Gasteiger partial charge in [0.2, 0.25) is 0 Å². The summed E-state index contributed by atoms with van der Waals surface area (Å²) < 4.78 is 5.17. The molecule has 20 heavy (non-hydrogen) atoms. The van der Waals surface area contributed by atoms with Crippen molar-refractivity contribution in [3.05, 3.63) is 64.2 Å². The minimum atomic E-state index is 0.451. The van der Waals surface area contributed by atoms with Crippen molar-refractivity contribution in [1.29, 1.82) is 0 Å². The highest BCUT2D eigenvalue weighted by Crippen LogP contribution is 2.31. The lowest BCUT2D eigenvalue weighted by Crippen LogP contribution is -2.18. The summed E-state index contributed by atoms with van der Waals surface area (Å²) in [6.45, 7) is 0.822. The van der Waals surface area contributed by atoms with Crippen LogP contribution in [0, 0.1) is 0 Å². The summed E-state index contributed by atoms with van der Waals surface area (Å²) in [4.78, 5) is 0. The van der Waals surface area contributed by atoms with E-state index < -0.39 is 0 Å². The zero-order chi connectivity index (χ0) is 13.9. The predicted molar refractivity (Wildman–Crippen MR) is 82.3 cm³/mol. The van der Waals surface area contributed by atoms with Gasteiger partial charge in [-0.2, -0.15) is 0 Å². The standard InChI is InChI=1S/C17H18ClNO/c1-20-17-9-6-12(10-15(17)18)11-19-16-8-7-13-4-2-3-5-14(13)16/h2-6,9-10,16,19H,7-8,11H2,1H3. The summed E-state index contributed by atoms with van der Waals surface area (Å²) in [5, 5.41) is 4.28. The number of hydrogen-bond donors (Lipinski definition) is 1. The fourth-order valence-corrected chi connectivity index (χ4v) is 3.11. The van der Waals surface area contributed by atoms with Crippen molar-refractivity contribution in [2.24, 2.45) is 0 Å². The third-order valence-electron chi connectivity index (χ3n) is 3.90. The van der Waals surface area contributed by atoms with Crippen LogP contribution in [-0.2, 0) is 13.0 Å². The van der Waals surface area contributed by atoms with Crippen LogP contribution in [0.4, 0.5) is 0 Å². The second-order valence-corrected chi connectivity index (χ2v) is 5.55. The largest absolute Gasteiger partial charge is 0.495 e. The van der Waals surface area contributed by atoms with Crippen LogP contribution >= 0.6 is 11.6 Å². The highest BCUT2D eigenvalue weighted by Gasteiger charge is 2.21. The molecule has 0 amide bonds. The molecule has 1 atom stereocenters. The molecule has 3 heteroatoms. The van der Waals surface area contributed by atoms with Crippen molar-refractivity contribution < 1.29 is 4.74 Å². The molecule has 3 rings (SSSR count). The highest BCUT2D eigenvalue weighted by atomic mass is 35.5. The van der Waals surface area contributed by atoms with Crippen LogP contribution in [0.2, 0.25) is 5.02 Å². The zero-order valence-corrected chi connectivity index (χ0v) is 12.3. The molecule has 0 radical (unpaired) electrons. The molecule has 1 N–H and O–H groups in total. The molecule has 1 aliphatic carbocycles. The van der Waals surface area contributed by atoms with E-state index in [1.807, 2.05) is 12.1 Å². The molecule has 104 valence electrons. The molecular formula is C17H18ClNO. The molecule has 2 aromatic carbocycles. The van der Waals surface area contributed by atoms with Gasteiger partial charge in [0.15, 0.2) is 0 Å². The Balaban J connectivity index is 1.67. The second-order valence-electron chi connectivity index (χ2n) is 5.14. The maximum Gasteiger partial charge on any atom is 0.137 e. The first-order valence-corrected chi connectivity index (χ1v) is 7.29. The predicted octanol–water partition coefficient (Wildman–Crippen LogP) is 4.13. The number of benzene rings is 2. The summed E-state index contributed by atoms with van der Waals surface area (Å²) >= 11 is 6.15. The van der Waals surface area contributed by atoms with Gasteiger partial charge in [-0.25, -0.2) is 0 Å². The van der Waals surface area contributed by atoms with Gasteiger partial charge in [0.1, 0.15) is 5.75 Å². The number of halogens is 1. The van der Waals surface area contributed by atoms with Gasteiger partial charge in [-0.05, 0) is 41.7 Å². The maximum atomic E-state index is 6.15. The van der Waals surface area contributed by atoms with Crippen molar-refractivity contribution in [2.75, 3.05) is 7.11 Å². The summed E-state index contributed by atoms with van der Waals surface area (Å²) in [7, 11) is 1.63. The van der Waals surface area contributed by atoms with E-state index in [9.17, 15) is 0 Å². The lowest BCUT2D eigenvalue weighted by atomic mass is 10.1. The molecule has 0 aromatic heterocycles. The van der Waals surface area contributed by atoms with Crippen LogP contribution in [-0.4, -0.2) is 7.11 Å². The SMILES string of the molecule is COc1ccc(CNC2CCc3ccccc32)cc1Cl. The number of ether oxygens (including phenoxy) is 1. The van der Waals surface area contributed by atoms with E-state index in [1.165, 1.54) is 23.1 Å². The van der Waals surface area contributed by atoms with Gasteiger partial charge in [0.25, 0.3) is 0 Å². The molecule has 0 fully saturated rings. The lowest BCUT2D eigenvalue weighted by Gasteiger charge is -2.14. The smallest absolute Gasteiger partial charge is 0.137 e. The van der Waals surface area contributed by atoms with Crippen LogP contribution < -0.4 is 10.1 Å². The Labute approximate surface area is 124 Å².